The van der Waals surface area contributed by atoms with E-state index in [9.17, 15) is 13.2 Å². The molecule has 0 radical (unpaired) electrons. The van der Waals surface area contributed by atoms with Gasteiger partial charge in [-0.1, -0.05) is 18.5 Å². The smallest absolute Gasteiger partial charge is 0.397 e. The highest BCUT2D eigenvalue weighted by Gasteiger charge is 2.31. The van der Waals surface area contributed by atoms with Crippen molar-refractivity contribution in [3.63, 3.8) is 0 Å². The molecule has 0 unspecified atom stereocenters. The molecule has 0 spiro atoms. The van der Waals surface area contributed by atoms with Crippen molar-refractivity contribution in [2.24, 2.45) is 0 Å². The summed E-state index contributed by atoms with van der Waals surface area (Å²) >= 11 is 5.77. The highest BCUT2D eigenvalue weighted by Crippen LogP contribution is 2.29. The Kier molecular flexibility index (Phi) is 4.51. The van der Waals surface area contributed by atoms with Crippen LogP contribution in [0.25, 0.3) is 0 Å². The molecule has 1 aromatic carbocycles. The first-order chi connectivity index (χ1) is 7.83. The zero-order valence-electron chi connectivity index (χ0n) is 9.39. The van der Waals surface area contributed by atoms with Crippen LogP contribution in [0.5, 0.6) is 0 Å². The van der Waals surface area contributed by atoms with Crippen LogP contribution in [0.2, 0.25) is 5.02 Å². The molecule has 0 aliphatic heterocycles. The lowest BCUT2D eigenvalue weighted by Crippen LogP contribution is -2.35. The number of nitrogens with zero attached hydrogens (tertiary/aromatic N) is 1. The van der Waals surface area contributed by atoms with Gasteiger partial charge in [-0.15, -0.1) is 0 Å². The number of hydrogen-bond donors (Lipinski definition) is 1. The van der Waals surface area contributed by atoms with Crippen LogP contribution in [-0.4, -0.2) is 19.3 Å². The molecule has 2 nitrogen and oxygen atoms in total. The molecule has 0 atom stereocenters. The zero-order chi connectivity index (χ0) is 13.1. The van der Waals surface area contributed by atoms with Crippen molar-refractivity contribution in [1.29, 1.82) is 0 Å². The van der Waals surface area contributed by atoms with Crippen molar-refractivity contribution < 1.29 is 13.2 Å². The molecule has 0 aliphatic rings. The van der Waals surface area contributed by atoms with Crippen LogP contribution in [0.15, 0.2) is 18.2 Å². The lowest BCUT2D eigenvalue weighted by Gasteiger charge is -2.26. The van der Waals surface area contributed by atoms with Crippen LogP contribution in [0, 0.1) is 0 Å². The van der Waals surface area contributed by atoms with E-state index in [2.05, 4.69) is 0 Å². The van der Waals surface area contributed by atoms with Gasteiger partial charge in [-0.25, -0.2) is 0 Å². The number of hydrogen-bond acceptors (Lipinski definition) is 2. The minimum absolute atomic E-state index is 0.282. The zero-order valence-corrected chi connectivity index (χ0v) is 10.1. The summed E-state index contributed by atoms with van der Waals surface area (Å²) in [6, 6.07) is 4.52. The van der Waals surface area contributed by atoms with E-state index in [1.54, 1.807) is 6.07 Å². The topological polar surface area (TPSA) is 29.3 Å². The standard InChI is InChI=1S/C11H14ClF3N2/c1-2-5-17(7-11(13,14)15)10-6-8(12)3-4-9(10)16/h3-4,6H,2,5,7,16H2,1H3. The monoisotopic (exact) mass is 266 g/mol. The predicted molar refractivity (Wildman–Crippen MR) is 64.4 cm³/mol. The molecule has 17 heavy (non-hydrogen) atoms. The minimum Gasteiger partial charge on any atom is -0.397 e. The Balaban J connectivity index is 3.00. The molecule has 0 heterocycles. The molecule has 0 saturated heterocycles. The second-order valence-electron chi connectivity index (χ2n) is 3.74. The Morgan fingerprint density at radius 2 is 2.00 bits per heavy atom. The summed E-state index contributed by atoms with van der Waals surface area (Å²) in [5.74, 6) is 0. The van der Waals surface area contributed by atoms with Crippen molar-refractivity contribution >= 4 is 23.0 Å². The highest BCUT2D eigenvalue weighted by molar-refractivity contribution is 6.31. The number of rotatable bonds is 4. The maximum absolute atomic E-state index is 12.4. The van der Waals surface area contributed by atoms with Crippen molar-refractivity contribution in [1.82, 2.24) is 0 Å². The molecule has 96 valence electrons. The van der Waals surface area contributed by atoms with E-state index in [1.807, 2.05) is 6.92 Å². The first-order valence-electron chi connectivity index (χ1n) is 5.20. The molecule has 0 saturated carbocycles. The van der Waals surface area contributed by atoms with E-state index >= 15 is 0 Å². The van der Waals surface area contributed by atoms with Crippen molar-refractivity contribution in [2.75, 3.05) is 23.7 Å². The van der Waals surface area contributed by atoms with Crippen molar-refractivity contribution in [2.45, 2.75) is 19.5 Å². The summed E-state index contributed by atoms with van der Waals surface area (Å²) in [5.41, 5.74) is 6.30. The molecule has 0 aliphatic carbocycles. The fourth-order valence-electron chi connectivity index (χ4n) is 1.56. The summed E-state index contributed by atoms with van der Waals surface area (Å²) in [7, 11) is 0. The molecule has 6 heteroatoms. The molecule has 2 N–H and O–H groups in total. The Hall–Kier alpha value is -1.10. The Labute approximate surface area is 103 Å². The summed E-state index contributed by atoms with van der Waals surface area (Å²) in [4.78, 5) is 1.20. The summed E-state index contributed by atoms with van der Waals surface area (Å²) in [5, 5.41) is 0.373. The van der Waals surface area contributed by atoms with Gasteiger partial charge in [-0.05, 0) is 24.6 Å². The number of halogens is 4. The summed E-state index contributed by atoms with van der Waals surface area (Å²) < 4.78 is 37.3. The molecular formula is C11H14ClF3N2. The third kappa shape index (κ3) is 4.34. The molecule has 0 amide bonds. The first kappa shape index (κ1) is 14.0. The molecule has 0 bridgehead atoms. The number of benzene rings is 1. The van der Waals surface area contributed by atoms with E-state index in [4.69, 9.17) is 17.3 Å². The SMILES string of the molecule is CCCN(CC(F)(F)F)c1cc(Cl)ccc1N. The maximum atomic E-state index is 12.4. The number of alkyl halides is 3. The average Bonchev–Trinajstić information content (AvgIpc) is 2.19. The van der Waals surface area contributed by atoms with Crippen LogP contribution in [0.1, 0.15) is 13.3 Å². The van der Waals surface area contributed by atoms with E-state index in [0.717, 1.165) is 0 Å². The predicted octanol–water partition coefficient (Wildman–Crippen LogP) is 3.70. The van der Waals surface area contributed by atoms with Gasteiger partial charge in [0.15, 0.2) is 0 Å². The fourth-order valence-corrected chi connectivity index (χ4v) is 1.73. The van der Waals surface area contributed by atoms with E-state index in [0.29, 0.717) is 22.8 Å². The normalized spacial score (nSPS) is 11.6. The molecule has 1 rings (SSSR count). The molecular weight excluding hydrogens is 253 g/mol. The lowest BCUT2D eigenvalue weighted by atomic mass is 10.2. The third-order valence-electron chi connectivity index (χ3n) is 2.20. The summed E-state index contributed by atoms with van der Waals surface area (Å²) in [6.45, 7) is 1.07. The van der Waals surface area contributed by atoms with Gasteiger partial charge in [-0.2, -0.15) is 13.2 Å². The average molecular weight is 267 g/mol. The van der Waals surface area contributed by atoms with Gasteiger partial charge < -0.3 is 10.6 Å². The van der Waals surface area contributed by atoms with Crippen molar-refractivity contribution in [3.8, 4) is 0 Å². The highest BCUT2D eigenvalue weighted by atomic mass is 35.5. The molecule has 0 fully saturated rings. The third-order valence-corrected chi connectivity index (χ3v) is 2.43. The molecule has 0 aromatic heterocycles. The van der Waals surface area contributed by atoms with Crippen LogP contribution >= 0.6 is 11.6 Å². The van der Waals surface area contributed by atoms with Gasteiger partial charge in [0.25, 0.3) is 0 Å². The van der Waals surface area contributed by atoms with E-state index in [1.165, 1.54) is 17.0 Å². The first-order valence-corrected chi connectivity index (χ1v) is 5.58. The minimum atomic E-state index is -4.26. The number of nitrogen functional groups attached to an aromatic ring is 1. The van der Waals surface area contributed by atoms with Gasteiger partial charge in [-0.3, -0.25) is 0 Å². The van der Waals surface area contributed by atoms with Gasteiger partial charge in [0, 0.05) is 11.6 Å². The molecule has 1 aromatic rings. The quantitative estimate of drug-likeness (QED) is 0.842. The van der Waals surface area contributed by atoms with Gasteiger partial charge in [0.1, 0.15) is 6.54 Å². The van der Waals surface area contributed by atoms with Crippen LogP contribution in [-0.2, 0) is 0 Å². The van der Waals surface area contributed by atoms with Crippen LogP contribution < -0.4 is 10.6 Å². The lowest BCUT2D eigenvalue weighted by molar-refractivity contribution is -0.119. The Morgan fingerprint density at radius 3 is 2.53 bits per heavy atom. The van der Waals surface area contributed by atoms with Gasteiger partial charge >= 0.3 is 6.18 Å². The van der Waals surface area contributed by atoms with Gasteiger partial charge in [0.05, 0.1) is 11.4 Å². The van der Waals surface area contributed by atoms with E-state index in [-0.39, 0.29) is 6.54 Å². The van der Waals surface area contributed by atoms with Crippen molar-refractivity contribution in [3.05, 3.63) is 23.2 Å². The Morgan fingerprint density at radius 1 is 1.35 bits per heavy atom. The summed E-state index contributed by atoms with van der Waals surface area (Å²) in [6.07, 6.45) is -3.66. The van der Waals surface area contributed by atoms with Crippen LogP contribution in [0.3, 0.4) is 0 Å². The number of anilines is 2. The number of nitrogens with two attached hydrogens (primary N) is 1. The largest absolute Gasteiger partial charge is 0.405 e. The Bertz CT molecular complexity index is 379. The van der Waals surface area contributed by atoms with Crippen LogP contribution in [0.4, 0.5) is 24.5 Å². The maximum Gasteiger partial charge on any atom is 0.405 e. The second kappa shape index (κ2) is 5.49. The van der Waals surface area contributed by atoms with E-state index < -0.39 is 12.7 Å². The second-order valence-corrected chi connectivity index (χ2v) is 4.18. The fraction of sp³-hybridized carbons (Fsp3) is 0.455. The van der Waals surface area contributed by atoms with Gasteiger partial charge in [0.2, 0.25) is 0 Å².